The number of carbonyl (C=O) groups excluding carboxylic acids is 1. The van der Waals surface area contributed by atoms with Gasteiger partial charge >= 0.3 is 0 Å². The van der Waals surface area contributed by atoms with E-state index < -0.39 is 0 Å². The molecule has 2 aromatic carbocycles. The number of anilines is 1. The van der Waals surface area contributed by atoms with Crippen LogP contribution in [-0.2, 0) is 6.54 Å². The number of amides is 1. The van der Waals surface area contributed by atoms with Crippen molar-refractivity contribution in [3.8, 4) is 5.75 Å². The second-order valence-corrected chi connectivity index (χ2v) is 6.05. The predicted molar refractivity (Wildman–Crippen MR) is 98.2 cm³/mol. The van der Waals surface area contributed by atoms with E-state index in [1.165, 1.54) is 0 Å². The summed E-state index contributed by atoms with van der Waals surface area (Å²) in [5, 5.41) is 7.22. The molecule has 1 aromatic heterocycles. The minimum Gasteiger partial charge on any atom is -0.497 e. The number of methoxy groups -OCH3 is 1. The Balaban J connectivity index is 1.71. The molecule has 0 bridgehead atoms. The lowest BCUT2D eigenvalue weighted by molar-refractivity contribution is 0.102. The number of nitrogens with zero attached hydrogens (tertiary/aromatic N) is 2. The smallest absolute Gasteiger partial charge is 0.256 e. The molecule has 0 fully saturated rings. The Morgan fingerprint density at radius 3 is 2.84 bits per heavy atom. The fourth-order valence-electron chi connectivity index (χ4n) is 2.65. The SMILES string of the molecule is COc1cccc(Cn2cc(NC(=O)c3cc(C)ccc3C)cn2)c1. The third-order valence-corrected chi connectivity index (χ3v) is 4.01. The zero-order chi connectivity index (χ0) is 17.8. The van der Waals surface area contributed by atoms with E-state index in [-0.39, 0.29) is 5.91 Å². The van der Waals surface area contributed by atoms with Gasteiger partial charge in [-0.1, -0.05) is 29.8 Å². The molecule has 3 rings (SSSR count). The molecule has 0 aliphatic carbocycles. The number of aryl methyl sites for hydroxylation is 2. The number of rotatable bonds is 5. The Morgan fingerprint density at radius 1 is 1.20 bits per heavy atom. The van der Waals surface area contributed by atoms with E-state index in [1.54, 1.807) is 18.0 Å². The van der Waals surface area contributed by atoms with Crippen molar-refractivity contribution in [2.24, 2.45) is 0 Å². The number of aromatic nitrogens is 2. The number of ether oxygens (including phenoxy) is 1. The second-order valence-electron chi connectivity index (χ2n) is 6.05. The molecule has 0 aliphatic heterocycles. The second kappa shape index (κ2) is 7.21. The molecular weight excluding hydrogens is 314 g/mol. The molecule has 5 nitrogen and oxygen atoms in total. The van der Waals surface area contributed by atoms with Crippen LogP contribution in [0, 0.1) is 13.8 Å². The first-order valence-electron chi connectivity index (χ1n) is 8.09. The van der Waals surface area contributed by atoms with Crippen LogP contribution in [0.25, 0.3) is 0 Å². The van der Waals surface area contributed by atoms with Gasteiger partial charge in [-0.2, -0.15) is 5.10 Å². The standard InChI is InChI=1S/C20H21N3O2/c1-14-7-8-15(2)19(9-14)20(24)22-17-11-21-23(13-17)12-16-5-4-6-18(10-16)25-3/h4-11,13H,12H2,1-3H3,(H,22,24). The highest BCUT2D eigenvalue weighted by Gasteiger charge is 2.11. The van der Waals surface area contributed by atoms with E-state index in [0.717, 1.165) is 22.4 Å². The minimum absolute atomic E-state index is 0.123. The molecule has 1 amide bonds. The Bertz CT molecular complexity index is 899. The van der Waals surface area contributed by atoms with Crippen molar-refractivity contribution in [3.05, 3.63) is 77.1 Å². The van der Waals surface area contributed by atoms with Gasteiger partial charge in [0.2, 0.25) is 0 Å². The third-order valence-electron chi connectivity index (χ3n) is 4.01. The lowest BCUT2D eigenvalue weighted by atomic mass is 10.1. The van der Waals surface area contributed by atoms with E-state index in [9.17, 15) is 4.79 Å². The van der Waals surface area contributed by atoms with Crippen LogP contribution in [0.4, 0.5) is 5.69 Å². The van der Waals surface area contributed by atoms with Crippen LogP contribution < -0.4 is 10.1 Å². The number of hydrogen-bond donors (Lipinski definition) is 1. The first kappa shape index (κ1) is 16.8. The van der Waals surface area contributed by atoms with Crippen molar-refractivity contribution in [3.63, 3.8) is 0 Å². The molecule has 3 aromatic rings. The molecule has 0 unspecified atom stereocenters. The van der Waals surface area contributed by atoms with E-state index in [4.69, 9.17) is 4.74 Å². The fourth-order valence-corrected chi connectivity index (χ4v) is 2.65. The number of hydrogen-bond acceptors (Lipinski definition) is 3. The molecule has 1 N–H and O–H groups in total. The zero-order valence-electron chi connectivity index (χ0n) is 14.6. The van der Waals surface area contributed by atoms with Crippen LogP contribution in [0.2, 0.25) is 0 Å². The van der Waals surface area contributed by atoms with Crippen LogP contribution in [0.15, 0.2) is 54.9 Å². The third kappa shape index (κ3) is 4.07. The zero-order valence-corrected chi connectivity index (χ0v) is 14.6. The van der Waals surface area contributed by atoms with E-state index in [0.29, 0.717) is 17.8 Å². The van der Waals surface area contributed by atoms with E-state index in [2.05, 4.69) is 10.4 Å². The Morgan fingerprint density at radius 2 is 2.04 bits per heavy atom. The fraction of sp³-hybridized carbons (Fsp3) is 0.200. The van der Waals surface area contributed by atoms with Crippen molar-refractivity contribution >= 4 is 11.6 Å². The van der Waals surface area contributed by atoms with Gasteiger partial charge in [-0.05, 0) is 43.2 Å². The summed E-state index contributed by atoms with van der Waals surface area (Å²) in [5.41, 5.74) is 4.44. The van der Waals surface area contributed by atoms with Gasteiger partial charge in [-0.3, -0.25) is 9.48 Å². The molecule has 0 radical (unpaired) electrons. The maximum Gasteiger partial charge on any atom is 0.256 e. The summed E-state index contributed by atoms with van der Waals surface area (Å²) in [5.74, 6) is 0.690. The van der Waals surface area contributed by atoms with Crippen LogP contribution in [-0.4, -0.2) is 22.8 Å². The van der Waals surface area contributed by atoms with Gasteiger partial charge in [0, 0.05) is 11.8 Å². The quantitative estimate of drug-likeness (QED) is 0.771. The molecule has 0 spiro atoms. The summed E-state index contributed by atoms with van der Waals surface area (Å²) < 4.78 is 7.02. The lowest BCUT2D eigenvalue weighted by Crippen LogP contribution is -2.13. The van der Waals surface area contributed by atoms with Crippen molar-refractivity contribution < 1.29 is 9.53 Å². The van der Waals surface area contributed by atoms with Crippen LogP contribution in [0.5, 0.6) is 5.75 Å². The maximum atomic E-state index is 12.5. The van der Waals surface area contributed by atoms with Crippen molar-refractivity contribution in [1.29, 1.82) is 0 Å². The van der Waals surface area contributed by atoms with E-state index in [1.807, 2.05) is 62.5 Å². The minimum atomic E-state index is -0.123. The maximum absolute atomic E-state index is 12.5. The Kier molecular flexibility index (Phi) is 4.84. The molecule has 1 heterocycles. The van der Waals surface area contributed by atoms with Crippen LogP contribution in [0.3, 0.4) is 0 Å². The predicted octanol–water partition coefficient (Wildman–Crippen LogP) is 3.81. The van der Waals surface area contributed by atoms with Gasteiger partial charge in [0.1, 0.15) is 5.75 Å². The summed E-state index contributed by atoms with van der Waals surface area (Å²) in [4.78, 5) is 12.5. The Labute approximate surface area is 147 Å². The monoisotopic (exact) mass is 335 g/mol. The summed E-state index contributed by atoms with van der Waals surface area (Å²) in [7, 11) is 1.65. The van der Waals surface area contributed by atoms with Crippen molar-refractivity contribution in [2.75, 3.05) is 12.4 Å². The average molecular weight is 335 g/mol. The van der Waals surface area contributed by atoms with Gasteiger partial charge < -0.3 is 10.1 Å². The molecule has 128 valence electrons. The van der Waals surface area contributed by atoms with E-state index >= 15 is 0 Å². The highest BCUT2D eigenvalue weighted by molar-refractivity contribution is 6.05. The molecule has 5 heteroatoms. The number of benzene rings is 2. The highest BCUT2D eigenvalue weighted by atomic mass is 16.5. The van der Waals surface area contributed by atoms with Crippen LogP contribution >= 0.6 is 0 Å². The summed E-state index contributed by atoms with van der Waals surface area (Å²) in [6.45, 7) is 4.51. The highest BCUT2D eigenvalue weighted by Crippen LogP contribution is 2.16. The molecule has 0 saturated heterocycles. The van der Waals surface area contributed by atoms with Gasteiger partial charge in [0.25, 0.3) is 5.91 Å². The summed E-state index contributed by atoms with van der Waals surface area (Å²) >= 11 is 0. The largest absolute Gasteiger partial charge is 0.497 e. The van der Waals surface area contributed by atoms with Crippen LogP contribution in [0.1, 0.15) is 27.0 Å². The average Bonchev–Trinajstić information content (AvgIpc) is 3.04. The molecule has 0 atom stereocenters. The normalized spacial score (nSPS) is 10.5. The van der Waals surface area contributed by atoms with Gasteiger partial charge in [-0.15, -0.1) is 0 Å². The van der Waals surface area contributed by atoms with Gasteiger partial charge in [0.05, 0.1) is 25.5 Å². The van der Waals surface area contributed by atoms with Gasteiger partial charge in [0.15, 0.2) is 0 Å². The van der Waals surface area contributed by atoms with Gasteiger partial charge in [-0.25, -0.2) is 0 Å². The first-order chi connectivity index (χ1) is 12.0. The Hall–Kier alpha value is -3.08. The lowest BCUT2D eigenvalue weighted by Gasteiger charge is -2.07. The molecule has 0 saturated carbocycles. The van der Waals surface area contributed by atoms with Crippen molar-refractivity contribution in [2.45, 2.75) is 20.4 Å². The summed E-state index contributed by atoms with van der Waals surface area (Å²) in [6, 6.07) is 13.7. The number of carbonyl (C=O) groups is 1. The topological polar surface area (TPSA) is 56.1 Å². The number of nitrogens with one attached hydrogen (secondary N) is 1. The molecule has 25 heavy (non-hydrogen) atoms. The van der Waals surface area contributed by atoms with Crippen molar-refractivity contribution in [1.82, 2.24) is 9.78 Å². The molecule has 0 aliphatic rings. The first-order valence-corrected chi connectivity index (χ1v) is 8.09. The molecular formula is C20H21N3O2. The summed E-state index contributed by atoms with van der Waals surface area (Å²) in [6.07, 6.45) is 3.48.